The molecule has 0 saturated heterocycles. The van der Waals surface area contributed by atoms with Crippen molar-refractivity contribution in [2.24, 2.45) is 0 Å². The third-order valence-electron chi connectivity index (χ3n) is 2.95. The summed E-state index contributed by atoms with van der Waals surface area (Å²) in [4.78, 5) is 0.149. The molecule has 0 amide bonds. The first kappa shape index (κ1) is 12.0. The van der Waals surface area contributed by atoms with E-state index in [2.05, 4.69) is 10.2 Å². The lowest BCUT2D eigenvalue weighted by Crippen LogP contribution is -2.42. The van der Waals surface area contributed by atoms with Crippen molar-refractivity contribution in [1.29, 1.82) is 0 Å². The lowest BCUT2D eigenvalue weighted by atomic mass is 10.2. The number of sulfonamides is 1. The molecular weight excluding hydrogens is 266 g/mol. The summed E-state index contributed by atoms with van der Waals surface area (Å²) < 4.78 is 32.1. The Labute approximate surface area is 111 Å². The summed E-state index contributed by atoms with van der Waals surface area (Å²) in [5.41, 5.74) is 0.557. The van der Waals surface area contributed by atoms with Crippen LogP contribution >= 0.6 is 0 Å². The minimum atomic E-state index is -3.61. The molecule has 0 spiro atoms. The number of ether oxygens (including phenoxy) is 1. The summed E-state index contributed by atoms with van der Waals surface area (Å²) in [6, 6.07) is 7.11. The van der Waals surface area contributed by atoms with Crippen LogP contribution < -0.4 is 9.04 Å². The molecule has 1 aromatic carbocycles. The van der Waals surface area contributed by atoms with Gasteiger partial charge in [0.15, 0.2) is 0 Å². The number of hydrogen-bond acceptors (Lipinski definition) is 4. The summed E-state index contributed by atoms with van der Waals surface area (Å²) in [5.74, 6) is 0.577. The molecule has 2 aromatic rings. The predicted molar refractivity (Wildman–Crippen MR) is 69.7 cm³/mol. The van der Waals surface area contributed by atoms with E-state index >= 15 is 0 Å². The van der Waals surface area contributed by atoms with E-state index in [4.69, 9.17) is 4.74 Å². The van der Waals surface area contributed by atoms with E-state index in [9.17, 15) is 8.42 Å². The molecule has 1 aromatic heterocycles. The van der Waals surface area contributed by atoms with Gasteiger partial charge in [0.25, 0.3) is 10.0 Å². The van der Waals surface area contributed by atoms with Crippen LogP contribution in [-0.4, -0.2) is 31.3 Å². The molecule has 2 heterocycles. The lowest BCUT2D eigenvalue weighted by Gasteiger charge is -2.33. The van der Waals surface area contributed by atoms with Gasteiger partial charge in [0.2, 0.25) is 0 Å². The molecule has 0 bridgehead atoms. The second kappa shape index (κ2) is 4.27. The van der Waals surface area contributed by atoms with Crippen LogP contribution in [0.4, 0.5) is 5.69 Å². The number of hydrogen-bond donors (Lipinski definition) is 1. The second-order valence-electron chi connectivity index (χ2n) is 4.37. The van der Waals surface area contributed by atoms with Gasteiger partial charge in [-0.3, -0.25) is 9.40 Å². The Kier molecular flexibility index (Phi) is 2.70. The number of anilines is 1. The summed E-state index contributed by atoms with van der Waals surface area (Å²) in [6.07, 6.45) is 2.48. The van der Waals surface area contributed by atoms with Crippen molar-refractivity contribution in [1.82, 2.24) is 10.2 Å². The third-order valence-corrected chi connectivity index (χ3v) is 4.69. The Morgan fingerprint density at radius 1 is 1.42 bits per heavy atom. The highest BCUT2D eigenvalue weighted by molar-refractivity contribution is 7.92. The number of para-hydroxylation sites is 2. The van der Waals surface area contributed by atoms with Crippen molar-refractivity contribution in [3.8, 4) is 5.75 Å². The van der Waals surface area contributed by atoms with E-state index < -0.39 is 10.0 Å². The number of H-pyrrole nitrogens is 1. The quantitative estimate of drug-likeness (QED) is 0.901. The van der Waals surface area contributed by atoms with Gasteiger partial charge in [-0.25, -0.2) is 8.42 Å². The molecule has 100 valence electrons. The predicted octanol–water partition coefficient (Wildman–Crippen LogP) is 1.39. The molecule has 1 N–H and O–H groups in total. The normalized spacial score (nSPS) is 18.8. The fourth-order valence-electron chi connectivity index (χ4n) is 2.08. The summed E-state index contributed by atoms with van der Waals surface area (Å²) in [7, 11) is -3.61. The summed E-state index contributed by atoms with van der Waals surface area (Å²) >= 11 is 0. The first-order valence-corrected chi connectivity index (χ1v) is 7.30. The maximum absolute atomic E-state index is 12.6. The highest BCUT2D eigenvalue weighted by Crippen LogP contribution is 2.36. The zero-order valence-electron chi connectivity index (χ0n) is 10.3. The number of aromatic nitrogens is 2. The van der Waals surface area contributed by atoms with Gasteiger partial charge < -0.3 is 4.74 Å². The Hall–Kier alpha value is -2.02. The molecule has 1 atom stereocenters. The molecule has 0 fully saturated rings. The number of fused-ring (bicyclic) bond motifs is 1. The zero-order chi connectivity index (χ0) is 13.5. The molecule has 6 nitrogen and oxygen atoms in total. The fraction of sp³-hybridized carbons (Fsp3) is 0.250. The Bertz CT molecular complexity index is 682. The van der Waals surface area contributed by atoms with Crippen LogP contribution in [0.1, 0.15) is 6.92 Å². The van der Waals surface area contributed by atoms with Gasteiger partial charge in [-0.1, -0.05) is 12.1 Å². The van der Waals surface area contributed by atoms with Gasteiger partial charge in [-0.2, -0.15) is 5.10 Å². The maximum Gasteiger partial charge on any atom is 0.267 e. The van der Waals surface area contributed by atoms with E-state index in [1.165, 1.54) is 16.7 Å². The van der Waals surface area contributed by atoms with Crippen LogP contribution in [-0.2, 0) is 10.0 Å². The first-order chi connectivity index (χ1) is 9.09. The van der Waals surface area contributed by atoms with Gasteiger partial charge in [-0.05, 0) is 19.1 Å². The highest BCUT2D eigenvalue weighted by Gasteiger charge is 2.33. The van der Waals surface area contributed by atoms with Crippen molar-refractivity contribution in [2.75, 3.05) is 10.8 Å². The molecule has 3 rings (SSSR count). The van der Waals surface area contributed by atoms with E-state index in [-0.39, 0.29) is 17.5 Å². The molecular formula is C12H13N3O3S. The van der Waals surface area contributed by atoms with Crippen molar-refractivity contribution in [2.45, 2.75) is 17.9 Å². The van der Waals surface area contributed by atoms with Crippen molar-refractivity contribution in [3.05, 3.63) is 36.7 Å². The monoisotopic (exact) mass is 279 g/mol. The second-order valence-corrected chi connectivity index (χ2v) is 6.23. The number of rotatable bonds is 2. The maximum atomic E-state index is 12.6. The Balaban J connectivity index is 2.11. The van der Waals surface area contributed by atoms with Crippen LogP contribution in [0.15, 0.2) is 41.6 Å². The van der Waals surface area contributed by atoms with Gasteiger partial charge >= 0.3 is 0 Å². The number of aromatic amines is 1. The Morgan fingerprint density at radius 2 is 2.21 bits per heavy atom. The fourth-order valence-corrected chi connectivity index (χ4v) is 3.54. The SMILES string of the molecule is C[C@H]1CN(S(=O)(=O)c2cn[nH]c2)c2ccccc2O1. The third kappa shape index (κ3) is 1.95. The van der Waals surface area contributed by atoms with E-state index in [1.54, 1.807) is 18.2 Å². The molecule has 0 radical (unpaired) electrons. The minimum absolute atomic E-state index is 0.149. The highest BCUT2D eigenvalue weighted by atomic mass is 32.2. The van der Waals surface area contributed by atoms with Crippen LogP contribution in [0, 0.1) is 0 Å². The number of nitrogens with one attached hydrogen (secondary N) is 1. The van der Waals surface area contributed by atoms with Gasteiger partial charge in [0.1, 0.15) is 16.7 Å². The lowest BCUT2D eigenvalue weighted by molar-refractivity contribution is 0.219. The largest absolute Gasteiger partial charge is 0.487 e. The zero-order valence-corrected chi connectivity index (χ0v) is 11.1. The summed E-state index contributed by atoms with van der Waals surface area (Å²) in [6.45, 7) is 2.12. The average Bonchev–Trinajstić information content (AvgIpc) is 2.92. The van der Waals surface area contributed by atoms with E-state index in [1.807, 2.05) is 13.0 Å². The minimum Gasteiger partial charge on any atom is -0.487 e. The molecule has 19 heavy (non-hydrogen) atoms. The van der Waals surface area contributed by atoms with Crippen LogP contribution in [0.3, 0.4) is 0 Å². The van der Waals surface area contributed by atoms with E-state index in [0.29, 0.717) is 11.4 Å². The van der Waals surface area contributed by atoms with Crippen molar-refractivity contribution >= 4 is 15.7 Å². The molecule has 0 unspecified atom stereocenters. The molecule has 0 saturated carbocycles. The van der Waals surface area contributed by atoms with Crippen LogP contribution in [0.25, 0.3) is 0 Å². The standard InChI is InChI=1S/C12H13N3O3S/c1-9-8-15(11-4-2-3-5-12(11)18-9)19(16,17)10-6-13-14-7-10/h2-7,9H,8H2,1H3,(H,13,14)/t9-/m0/s1. The number of nitrogens with zero attached hydrogens (tertiary/aromatic N) is 2. The molecule has 1 aliphatic heterocycles. The molecule has 7 heteroatoms. The van der Waals surface area contributed by atoms with Crippen LogP contribution in [0.5, 0.6) is 5.75 Å². The number of benzene rings is 1. The first-order valence-electron chi connectivity index (χ1n) is 5.86. The van der Waals surface area contributed by atoms with Crippen molar-refractivity contribution < 1.29 is 13.2 Å². The van der Waals surface area contributed by atoms with Gasteiger partial charge in [-0.15, -0.1) is 0 Å². The van der Waals surface area contributed by atoms with Crippen LogP contribution in [0.2, 0.25) is 0 Å². The van der Waals surface area contributed by atoms with E-state index in [0.717, 1.165) is 0 Å². The molecule has 1 aliphatic rings. The summed E-state index contributed by atoms with van der Waals surface area (Å²) in [5, 5.41) is 6.22. The van der Waals surface area contributed by atoms with Gasteiger partial charge in [0, 0.05) is 6.20 Å². The Morgan fingerprint density at radius 3 is 2.95 bits per heavy atom. The smallest absolute Gasteiger partial charge is 0.267 e. The van der Waals surface area contributed by atoms with Gasteiger partial charge in [0.05, 0.1) is 18.4 Å². The van der Waals surface area contributed by atoms with Crippen molar-refractivity contribution in [3.63, 3.8) is 0 Å². The molecule has 0 aliphatic carbocycles. The topological polar surface area (TPSA) is 75.3 Å². The average molecular weight is 279 g/mol.